The van der Waals surface area contributed by atoms with Crippen molar-refractivity contribution in [1.82, 2.24) is 5.32 Å². The van der Waals surface area contributed by atoms with Crippen LogP contribution in [0.5, 0.6) is 5.75 Å². The van der Waals surface area contributed by atoms with Gasteiger partial charge in [-0.15, -0.1) is 0 Å². The van der Waals surface area contributed by atoms with Crippen molar-refractivity contribution in [1.29, 1.82) is 0 Å². The van der Waals surface area contributed by atoms with Gasteiger partial charge in [-0.2, -0.15) is 0 Å². The van der Waals surface area contributed by atoms with E-state index in [-0.39, 0.29) is 0 Å². The lowest BCUT2D eigenvalue weighted by atomic mass is 9.91. The van der Waals surface area contributed by atoms with Gasteiger partial charge < -0.3 is 10.1 Å². The number of fused-ring (bicyclic) bond motifs is 1. The molecular formula is C14H18BrNO. The van der Waals surface area contributed by atoms with Gasteiger partial charge in [0.2, 0.25) is 0 Å². The molecule has 3 rings (SSSR count). The zero-order chi connectivity index (χ0) is 11.7. The molecule has 0 aromatic heterocycles. The largest absolute Gasteiger partial charge is 0.493 e. The summed E-state index contributed by atoms with van der Waals surface area (Å²) in [6, 6.07) is 4.43. The molecule has 2 nitrogen and oxygen atoms in total. The minimum atomic E-state index is 0.770. The molecule has 1 aromatic rings. The lowest BCUT2D eigenvalue weighted by Gasteiger charge is -2.23. The van der Waals surface area contributed by atoms with Crippen LogP contribution in [0.2, 0.25) is 0 Å². The van der Waals surface area contributed by atoms with Crippen LogP contribution in [0, 0.1) is 5.92 Å². The zero-order valence-electron chi connectivity index (χ0n) is 9.97. The van der Waals surface area contributed by atoms with E-state index in [0.717, 1.165) is 31.9 Å². The second-order valence-corrected chi connectivity index (χ2v) is 5.98. The van der Waals surface area contributed by atoms with Crippen LogP contribution in [0.25, 0.3) is 0 Å². The van der Waals surface area contributed by atoms with Crippen molar-refractivity contribution in [3.05, 3.63) is 27.7 Å². The lowest BCUT2D eigenvalue weighted by Crippen LogP contribution is -2.30. The monoisotopic (exact) mass is 295 g/mol. The summed E-state index contributed by atoms with van der Waals surface area (Å²) in [4.78, 5) is 0. The highest BCUT2D eigenvalue weighted by Gasteiger charge is 2.21. The van der Waals surface area contributed by atoms with Crippen molar-refractivity contribution in [2.24, 2.45) is 5.92 Å². The normalized spacial score (nSPS) is 23.2. The third-order valence-corrected chi connectivity index (χ3v) is 4.19. The van der Waals surface area contributed by atoms with Crippen LogP contribution in [0.4, 0.5) is 0 Å². The second kappa shape index (κ2) is 4.99. The van der Waals surface area contributed by atoms with E-state index in [4.69, 9.17) is 4.74 Å². The number of ether oxygens (including phenoxy) is 1. The van der Waals surface area contributed by atoms with E-state index in [1.165, 1.54) is 40.7 Å². The van der Waals surface area contributed by atoms with E-state index in [2.05, 4.69) is 33.4 Å². The van der Waals surface area contributed by atoms with Crippen molar-refractivity contribution in [2.75, 3.05) is 19.7 Å². The molecule has 0 spiro atoms. The number of rotatable bonds is 2. The first kappa shape index (κ1) is 11.5. The van der Waals surface area contributed by atoms with Gasteiger partial charge in [0.15, 0.2) is 0 Å². The van der Waals surface area contributed by atoms with Crippen LogP contribution in [-0.4, -0.2) is 19.7 Å². The maximum Gasteiger partial charge on any atom is 0.125 e. The standard InChI is InChI=1S/C14H18BrNO/c15-13-7-11-3-5-17-14(11)12(8-13)6-10-2-1-4-16-9-10/h7-8,10,16H,1-6,9H2. The molecule has 1 aromatic carbocycles. The Balaban J connectivity index is 1.82. The molecule has 1 N–H and O–H groups in total. The summed E-state index contributed by atoms with van der Waals surface area (Å²) in [6.45, 7) is 3.19. The summed E-state index contributed by atoms with van der Waals surface area (Å²) in [5.41, 5.74) is 2.76. The minimum absolute atomic E-state index is 0.770. The summed E-state index contributed by atoms with van der Waals surface area (Å²) >= 11 is 3.61. The number of piperidine rings is 1. The van der Waals surface area contributed by atoms with E-state index in [0.29, 0.717) is 0 Å². The van der Waals surface area contributed by atoms with Gasteiger partial charge in [0.05, 0.1) is 6.61 Å². The van der Waals surface area contributed by atoms with Crippen LogP contribution < -0.4 is 10.1 Å². The Morgan fingerprint density at radius 3 is 3.18 bits per heavy atom. The Morgan fingerprint density at radius 1 is 1.41 bits per heavy atom. The molecule has 17 heavy (non-hydrogen) atoms. The van der Waals surface area contributed by atoms with Crippen LogP contribution in [0.15, 0.2) is 16.6 Å². The SMILES string of the molecule is Brc1cc2c(c(CC3CCCNC3)c1)OCC2. The summed E-state index contributed by atoms with van der Waals surface area (Å²) in [5.74, 6) is 1.94. The van der Waals surface area contributed by atoms with Gasteiger partial charge in [-0.3, -0.25) is 0 Å². The number of halogens is 1. The Morgan fingerprint density at radius 2 is 2.35 bits per heavy atom. The molecule has 92 valence electrons. The van der Waals surface area contributed by atoms with Gasteiger partial charge in [-0.05, 0) is 61.5 Å². The first-order valence-corrected chi connectivity index (χ1v) is 7.27. The number of hydrogen-bond acceptors (Lipinski definition) is 2. The molecular weight excluding hydrogens is 278 g/mol. The molecule has 2 heterocycles. The summed E-state index contributed by atoms with van der Waals surface area (Å²) in [5, 5.41) is 3.48. The number of nitrogens with one attached hydrogen (secondary N) is 1. The van der Waals surface area contributed by atoms with Gasteiger partial charge in [-0.1, -0.05) is 15.9 Å². The van der Waals surface area contributed by atoms with Gasteiger partial charge in [0.25, 0.3) is 0 Å². The summed E-state index contributed by atoms with van der Waals surface area (Å²) in [6.07, 6.45) is 4.86. The highest BCUT2D eigenvalue weighted by atomic mass is 79.9. The van der Waals surface area contributed by atoms with Gasteiger partial charge in [0.1, 0.15) is 5.75 Å². The van der Waals surface area contributed by atoms with Gasteiger partial charge in [-0.25, -0.2) is 0 Å². The predicted octanol–water partition coefficient (Wildman–Crippen LogP) is 2.93. The quantitative estimate of drug-likeness (QED) is 0.906. The molecule has 3 heteroatoms. The molecule has 1 fully saturated rings. The topological polar surface area (TPSA) is 21.3 Å². The van der Waals surface area contributed by atoms with E-state index in [1.54, 1.807) is 0 Å². The van der Waals surface area contributed by atoms with Crippen molar-refractivity contribution in [2.45, 2.75) is 25.7 Å². The molecule has 2 aliphatic rings. The first-order valence-electron chi connectivity index (χ1n) is 6.48. The van der Waals surface area contributed by atoms with Crippen molar-refractivity contribution in [3.8, 4) is 5.75 Å². The third-order valence-electron chi connectivity index (χ3n) is 3.73. The van der Waals surface area contributed by atoms with Gasteiger partial charge in [0, 0.05) is 10.9 Å². The average Bonchev–Trinajstić information content (AvgIpc) is 2.78. The molecule has 0 amide bonds. The van der Waals surface area contributed by atoms with Crippen molar-refractivity contribution >= 4 is 15.9 Å². The highest BCUT2D eigenvalue weighted by Crippen LogP contribution is 2.35. The summed E-state index contributed by atoms with van der Waals surface area (Å²) in [7, 11) is 0. The van der Waals surface area contributed by atoms with E-state index >= 15 is 0 Å². The fraction of sp³-hybridized carbons (Fsp3) is 0.571. The minimum Gasteiger partial charge on any atom is -0.493 e. The number of benzene rings is 1. The highest BCUT2D eigenvalue weighted by molar-refractivity contribution is 9.10. The number of hydrogen-bond donors (Lipinski definition) is 1. The smallest absolute Gasteiger partial charge is 0.125 e. The fourth-order valence-electron chi connectivity index (χ4n) is 2.91. The third kappa shape index (κ3) is 2.50. The second-order valence-electron chi connectivity index (χ2n) is 5.07. The molecule has 0 bridgehead atoms. The van der Waals surface area contributed by atoms with Crippen molar-refractivity contribution in [3.63, 3.8) is 0 Å². The van der Waals surface area contributed by atoms with Crippen LogP contribution in [-0.2, 0) is 12.8 Å². The fourth-order valence-corrected chi connectivity index (χ4v) is 3.46. The van der Waals surface area contributed by atoms with E-state index in [1.807, 2.05) is 0 Å². The van der Waals surface area contributed by atoms with Crippen LogP contribution in [0.1, 0.15) is 24.0 Å². The van der Waals surface area contributed by atoms with Crippen LogP contribution >= 0.6 is 15.9 Å². The maximum absolute atomic E-state index is 5.78. The first-order chi connectivity index (χ1) is 8.33. The Labute approximate surface area is 111 Å². The van der Waals surface area contributed by atoms with Gasteiger partial charge >= 0.3 is 0 Å². The van der Waals surface area contributed by atoms with Crippen molar-refractivity contribution < 1.29 is 4.74 Å². The van der Waals surface area contributed by atoms with Crippen LogP contribution in [0.3, 0.4) is 0 Å². The maximum atomic E-state index is 5.78. The Kier molecular flexibility index (Phi) is 3.39. The summed E-state index contributed by atoms with van der Waals surface area (Å²) < 4.78 is 6.98. The molecule has 2 aliphatic heterocycles. The molecule has 1 unspecified atom stereocenters. The van der Waals surface area contributed by atoms with E-state index in [9.17, 15) is 0 Å². The Bertz CT molecular complexity index is 413. The van der Waals surface area contributed by atoms with E-state index < -0.39 is 0 Å². The Hall–Kier alpha value is -0.540. The molecule has 0 saturated carbocycles. The molecule has 0 aliphatic carbocycles. The molecule has 1 saturated heterocycles. The average molecular weight is 296 g/mol. The predicted molar refractivity (Wildman–Crippen MR) is 72.6 cm³/mol. The zero-order valence-corrected chi connectivity index (χ0v) is 11.6. The molecule has 0 radical (unpaired) electrons. The molecule has 1 atom stereocenters. The lowest BCUT2D eigenvalue weighted by molar-refractivity contribution is 0.341.